The van der Waals surface area contributed by atoms with Crippen molar-refractivity contribution in [2.75, 3.05) is 51.4 Å². The number of anilines is 1. The Morgan fingerprint density at radius 1 is 1.30 bits per heavy atom. The van der Waals surface area contributed by atoms with E-state index in [0.717, 1.165) is 55.0 Å². The maximum atomic E-state index is 13.3. The number of aromatic nitrogens is 3. The summed E-state index contributed by atoms with van der Waals surface area (Å²) in [5, 5.41) is 0.648. The summed E-state index contributed by atoms with van der Waals surface area (Å²) in [5.74, 6) is 0.513. The SMILES string of the molecule is COc1ccc(C)c2sc(N(CCCN3CCOCC3)C(=O)c3cnccn3)nc12. The van der Waals surface area contributed by atoms with E-state index < -0.39 is 0 Å². The highest BCUT2D eigenvalue weighted by atomic mass is 32.1. The van der Waals surface area contributed by atoms with E-state index in [9.17, 15) is 4.79 Å². The number of morpholine rings is 1. The topological polar surface area (TPSA) is 80.7 Å². The Hall–Kier alpha value is -2.62. The van der Waals surface area contributed by atoms with Gasteiger partial charge in [0.15, 0.2) is 5.13 Å². The molecule has 0 atom stereocenters. The van der Waals surface area contributed by atoms with Gasteiger partial charge in [0.1, 0.15) is 17.0 Å². The van der Waals surface area contributed by atoms with Crippen LogP contribution in [0.15, 0.2) is 30.7 Å². The van der Waals surface area contributed by atoms with Crippen molar-refractivity contribution in [3.63, 3.8) is 0 Å². The van der Waals surface area contributed by atoms with Crippen molar-refractivity contribution in [3.8, 4) is 5.75 Å². The van der Waals surface area contributed by atoms with Crippen LogP contribution in [-0.2, 0) is 4.74 Å². The summed E-state index contributed by atoms with van der Waals surface area (Å²) in [5.41, 5.74) is 2.20. The number of amides is 1. The molecule has 1 saturated heterocycles. The standard InChI is InChI=1S/C21H25N5O3S/c1-15-4-5-17(28-2)18-19(15)30-21(24-18)26(20(27)16-14-22-6-7-23-16)9-3-8-25-10-12-29-13-11-25/h4-7,14H,3,8-13H2,1-2H3. The number of aryl methyl sites for hydroxylation is 1. The van der Waals surface area contributed by atoms with Crippen LogP contribution in [-0.4, -0.2) is 72.3 Å². The van der Waals surface area contributed by atoms with Crippen molar-refractivity contribution < 1.29 is 14.3 Å². The fourth-order valence-corrected chi connectivity index (χ4v) is 4.56. The fraction of sp³-hybridized carbons (Fsp3) is 0.429. The average Bonchev–Trinajstić information content (AvgIpc) is 3.24. The third kappa shape index (κ3) is 4.43. The summed E-state index contributed by atoms with van der Waals surface area (Å²) >= 11 is 1.50. The van der Waals surface area contributed by atoms with Gasteiger partial charge >= 0.3 is 0 Å². The van der Waals surface area contributed by atoms with Crippen LogP contribution >= 0.6 is 11.3 Å². The summed E-state index contributed by atoms with van der Waals surface area (Å²) in [7, 11) is 1.63. The number of nitrogens with zero attached hydrogens (tertiary/aromatic N) is 5. The molecule has 3 aromatic rings. The second-order valence-corrected chi connectivity index (χ2v) is 8.09. The van der Waals surface area contributed by atoms with Crippen molar-refractivity contribution in [1.29, 1.82) is 0 Å². The molecule has 0 radical (unpaired) electrons. The molecule has 0 saturated carbocycles. The molecular formula is C21H25N5O3S. The van der Waals surface area contributed by atoms with E-state index in [1.54, 1.807) is 18.2 Å². The van der Waals surface area contributed by atoms with Gasteiger partial charge in [0.05, 0.1) is 31.2 Å². The number of fused-ring (bicyclic) bond motifs is 1. The number of ether oxygens (including phenoxy) is 2. The highest BCUT2D eigenvalue weighted by Crippen LogP contribution is 2.36. The predicted molar refractivity (Wildman–Crippen MR) is 116 cm³/mol. The third-order valence-corrected chi connectivity index (χ3v) is 6.34. The van der Waals surface area contributed by atoms with Crippen LogP contribution in [0.1, 0.15) is 22.5 Å². The summed E-state index contributed by atoms with van der Waals surface area (Å²) < 4.78 is 11.9. The summed E-state index contributed by atoms with van der Waals surface area (Å²) in [6.45, 7) is 6.87. The van der Waals surface area contributed by atoms with Gasteiger partial charge in [0.2, 0.25) is 0 Å². The third-order valence-electron chi connectivity index (χ3n) is 5.13. The number of thiazole rings is 1. The molecule has 0 unspecified atom stereocenters. The zero-order chi connectivity index (χ0) is 20.9. The zero-order valence-corrected chi connectivity index (χ0v) is 18.0. The minimum Gasteiger partial charge on any atom is -0.494 e. The van der Waals surface area contributed by atoms with E-state index in [1.165, 1.54) is 23.7 Å². The minimum atomic E-state index is -0.194. The molecule has 0 spiro atoms. The molecule has 8 nitrogen and oxygen atoms in total. The molecule has 1 fully saturated rings. The van der Waals surface area contributed by atoms with Crippen molar-refractivity contribution in [2.24, 2.45) is 0 Å². The molecule has 0 N–H and O–H groups in total. The lowest BCUT2D eigenvalue weighted by atomic mass is 10.2. The lowest BCUT2D eigenvalue weighted by Gasteiger charge is -2.27. The molecular weight excluding hydrogens is 402 g/mol. The number of hydrogen-bond acceptors (Lipinski definition) is 8. The van der Waals surface area contributed by atoms with Crippen molar-refractivity contribution in [2.45, 2.75) is 13.3 Å². The molecule has 158 valence electrons. The summed E-state index contributed by atoms with van der Waals surface area (Å²) in [6.07, 6.45) is 5.42. The molecule has 30 heavy (non-hydrogen) atoms. The van der Waals surface area contributed by atoms with Crippen LogP contribution in [0.25, 0.3) is 10.2 Å². The van der Waals surface area contributed by atoms with Crippen molar-refractivity contribution in [1.82, 2.24) is 19.9 Å². The number of hydrogen-bond donors (Lipinski definition) is 0. The van der Waals surface area contributed by atoms with Gasteiger partial charge in [-0.05, 0) is 25.0 Å². The van der Waals surface area contributed by atoms with Crippen LogP contribution in [0.4, 0.5) is 5.13 Å². The molecule has 4 rings (SSSR count). The summed E-state index contributed by atoms with van der Waals surface area (Å²) in [6, 6.07) is 3.92. The number of methoxy groups -OCH3 is 1. The molecule has 3 heterocycles. The molecule has 1 aliphatic heterocycles. The molecule has 1 aromatic carbocycles. The predicted octanol–water partition coefficient (Wildman–Crippen LogP) is 2.77. The first-order valence-corrected chi connectivity index (χ1v) is 10.8. The Bertz CT molecular complexity index is 1000. The normalized spacial score (nSPS) is 14.7. The van der Waals surface area contributed by atoms with Crippen LogP contribution in [0, 0.1) is 6.92 Å². The smallest absolute Gasteiger partial charge is 0.280 e. The Labute approximate surface area is 179 Å². The van der Waals surface area contributed by atoms with Crippen molar-refractivity contribution >= 4 is 32.6 Å². The van der Waals surface area contributed by atoms with Crippen LogP contribution < -0.4 is 9.64 Å². The van der Waals surface area contributed by atoms with Crippen LogP contribution in [0.5, 0.6) is 5.75 Å². The Kier molecular flexibility index (Phi) is 6.51. The van der Waals surface area contributed by atoms with Crippen molar-refractivity contribution in [3.05, 3.63) is 42.0 Å². The Morgan fingerprint density at radius 3 is 2.87 bits per heavy atom. The number of carbonyl (C=O) groups is 1. The highest BCUT2D eigenvalue weighted by molar-refractivity contribution is 7.22. The van der Waals surface area contributed by atoms with E-state index in [2.05, 4.69) is 14.9 Å². The van der Waals surface area contributed by atoms with E-state index in [0.29, 0.717) is 23.1 Å². The molecule has 1 amide bonds. The monoisotopic (exact) mass is 427 g/mol. The van der Waals surface area contributed by atoms with E-state index >= 15 is 0 Å². The quantitative estimate of drug-likeness (QED) is 0.573. The molecule has 2 aromatic heterocycles. The second kappa shape index (κ2) is 9.46. The lowest BCUT2D eigenvalue weighted by Crippen LogP contribution is -2.39. The maximum Gasteiger partial charge on any atom is 0.280 e. The lowest BCUT2D eigenvalue weighted by molar-refractivity contribution is 0.0376. The van der Waals surface area contributed by atoms with Gasteiger partial charge in [-0.3, -0.25) is 19.6 Å². The maximum absolute atomic E-state index is 13.3. The van der Waals surface area contributed by atoms with Gasteiger partial charge in [0, 0.05) is 38.6 Å². The summed E-state index contributed by atoms with van der Waals surface area (Å²) in [4.78, 5) is 30.4. The second-order valence-electron chi connectivity index (χ2n) is 7.11. The molecule has 0 aliphatic carbocycles. The first kappa shape index (κ1) is 20.6. The molecule has 1 aliphatic rings. The largest absolute Gasteiger partial charge is 0.494 e. The van der Waals surface area contributed by atoms with Gasteiger partial charge in [-0.25, -0.2) is 9.97 Å². The van der Waals surface area contributed by atoms with E-state index in [4.69, 9.17) is 14.5 Å². The van der Waals surface area contributed by atoms with Gasteiger partial charge in [0.25, 0.3) is 5.91 Å². The average molecular weight is 428 g/mol. The molecule has 9 heteroatoms. The van der Waals surface area contributed by atoms with Crippen LogP contribution in [0.2, 0.25) is 0 Å². The number of benzene rings is 1. The van der Waals surface area contributed by atoms with E-state index in [1.807, 2.05) is 19.1 Å². The minimum absolute atomic E-state index is 0.194. The first-order chi connectivity index (χ1) is 14.7. The van der Waals surface area contributed by atoms with E-state index in [-0.39, 0.29) is 5.91 Å². The van der Waals surface area contributed by atoms with Gasteiger partial charge in [-0.15, -0.1) is 0 Å². The fourth-order valence-electron chi connectivity index (χ4n) is 3.49. The Morgan fingerprint density at radius 2 is 2.13 bits per heavy atom. The Balaban J connectivity index is 1.61. The zero-order valence-electron chi connectivity index (χ0n) is 17.2. The number of rotatable bonds is 7. The van der Waals surface area contributed by atoms with Crippen LogP contribution in [0.3, 0.4) is 0 Å². The highest BCUT2D eigenvalue weighted by Gasteiger charge is 2.24. The van der Waals surface area contributed by atoms with Gasteiger partial charge in [-0.2, -0.15) is 0 Å². The first-order valence-electron chi connectivity index (χ1n) is 9.99. The van der Waals surface area contributed by atoms with Gasteiger partial charge in [-0.1, -0.05) is 17.4 Å². The molecule has 0 bridgehead atoms. The van der Waals surface area contributed by atoms with Gasteiger partial charge < -0.3 is 9.47 Å². The number of carbonyl (C=O) groups excluding carboxylic acids is 1.